The average molecular weight is 337 g/mol. The molecule has 3 nitrogen and oxygen atoms in total. The van der Waals surface area contributed by atoms with Crippen molar-refractivity contribution in [2.75, 3.05) is 0 Å². The SMILES string of the molecule is CCCCCCCCCCCCC(O)CCCCCn1ccnc1. The topological polar surface area (TPSA) is 38.0 Å². The number of rotatable bonds is 17. The summed E-state index contributed by atoms with van der Waals surface area (Å²) >= 11 is 0. The first-order chi connectivity index (χ1) is 11.8. The van der Waals surface area contributed by atoms with Gasteiger partial charge in [0, 0.05) is 18.9 Å². The summed E-state index contributed by atoms with van der Waals surface area (Å²) in [6.45, 7) is 3.32. The second kappa shape index (κ2) is 15.7. The van der Waals surface area contributed by atoms with Crippen molar-refractivity contribution in [3.05, 3.63) is 18.7 Å². The van der Waals surface area contributed by atoms with E-state index >= 15 is 0 Å². The Bertz CT molecular complexity index is 351. The number of aromatic nitrogens is 2. The van der Waals surface area contributed by atoms with Crippen LogP contribution in [0.4, 0.5) is 0 Å². The Morgan fingerprint density at radius 1 is 0.792 bits per heavy atom. The van der Waals surface area contributed by atoms with Crippen LogP contribution in [0.3, 0.4) is 0 Å². The van der Waals surface area contributed by atoms with Gasteiger partial charge in [-0.2, -0.15) is 0 Å². The highest BCUT2D eigenvalue weighted by atomic mass is 16.3. The Morgan fingerprint density at radius 3 is 1.88 bits per heavy atom. The van der Waals surface area contributed by atoms with Crippen molar-refractivity contribution < 1.29 is 5.11 Å². The van der Waals surface area contributed by atoms with Gasteiger partial charge in [0.05, 0.1) is 12.4 Å². The number of aliphatic hydroxyl groups excluding tert-OH is 1. The molecule has 0 aliphatic carbocycles. The first-order valence-electron chi connectivity index (χ1n) is 10.5. The van der Waals surface area contributed by atoms with Gasteiger partial charge in [-0.25, -0.2) is 4.98 Å². The number of aryl methyl sites for hydroxylation is 1. The van der Waals surface area contributed by atoms with Gasteiger partial charge in [0.25, 0.3) is 0 Å². The Labute approximate surface area is 149 Å². The molecule has 24 heavy (non-hydrogen) atoms. The molecule has 1 atom stereocenters. The molecule has 0 saturated carbocycles. The first-order valence-corrected chi connectivity index (χ1v) is 10.5. The van der Waals surface area contributed by atoms with E-state index < -0.39 is 0 Å². The van der Waals surface area contributed by atoms with E-state index in [0.717, 1.165) is 25.8 Å². The van der Waals surface area contributed by atoms with E-state index in [0.29, 0.717) is 0 Å². The molecule has 1 aromatic rings. The summed E-state index contributed by atoms with van der Waals surface area (Å²) in [7, 11) is 0. The van der Waals surface area contributed by atoms with Crippen LogP contribution in [-0.4, -0.2) is 20.8 Å². The average Bonchev–Trinajstić information content (AvgIpc) is 3.09. The number of imidazole rings is 1. The van der Waals surface area contributed by atoms with Crippen LogP contribution >= 0.6 is 0 Å². The molecule has 1 aromatic heterocycles. The van der Waals surface area contributed by atoms with Gasteiger partial charge in [0.2, 0.25) is 0 Å². The zero-order valence-electron chi connectivity index (χ0n) is 16.0. The molecule has 1 unspecified atom stereocenters. The van der Waals surface area contributed by atoms with Crippen molar-refractivity contribution in [3.63, 3.8) is 0 Å². The maximum atomic E-state index is 10.0. The van der Waals surface area contributed by atoms with Crippen molar-refractivity contribution in [2.45, 2.75) is 116 Å². The fraction of sp³-hybridized carbons (Fsp3) is 0.857. The fourth-order valence-corrected chi connectivity index (χ4v) is 3.28. The molecule has 0 radical (unpaired) electrons. The zero-order chi connectivity index (χ0) is 17.3. The van der Waals surface area contributed by atoms with Crippen molar-refractivity contribution in [3.8, 4) is 0 Å². The lowest BCUT2D eigenvalue weighted by molar-refractivity contribution is 0.147. The molecule has 0 amide bonds. The largest absolute Gasteiger partial charge is 0.393 e. The number of aliphatic hydroxyl groups is 1. The number of hydrogen-bond donors (Lipinski definition) is 1. The van der Waals surface area contributed by atoms with Crippen molar-refractivity contribution in [1.82, 2.24) is 9.55 Å². The molecule has 0 saturated heterocycles. The molecule has 0 aliphatic heterocycles. The van der Waals surface area contributed by atoms with E-state index in [1.54, 1.807) is 0 Å². The number of hydrogen-bond acceptors (Lipinski definition) is 2. The highest BCUT2D eigenvalue weighted by molar-refractivity contribution is 4.73. The minimum absolute atomic E-state index is 0.0766. The molecule has 0 spiro atoms. The third-order valence-corrected chi connectivity index (χ3v) is 4.90. The predicted molar refractivity (Wildman–Crippen MR) is 103 cm³/mol. The van der Waals surface area contributed by atoms with Crippen molar-refractivity contribution in [2.24, 2.45) is 0 Å². The maximum Gasteiger partial charge on any atom is 0.0945 e. The molecular weight excluding hydrogens is 296 g/mol. The predicted octanol–water partition coefficient (Wildman–Crippen LogP) is 6.12. The van der Waals surface area contributed by atoms with E-state index in [1.165, 1.54) is 77.0 Å². The summed E-state index contributed by atoms with van der Waals surface area (Å²) < 4.78 is 2.13. The zero-order valence-corrected chi connectivity index (χ0v) is 16.0. The molecule has 1 heterocycles. The molecule has 140 valence electrons. The van der Waals surface area contributed by atoms with Crippen molar-refractivity contribution in [1.29, 1.82) is 0 Å². The Morgan fingerprint density at radius 2 is 1.33 bits per heavy atom. The molecule has 0 aliphatic rings. The van der Waals surface area contributed by atoms with Crippen LogP contribution in [0.25, 0.3) is 0 Å². The van der Waals surface area contributed by atoms with Gasteiger partial charge in [0.15, 0.2) is 0 Å². The third-order valence-electron chi connectivity index (χ3n) is 4.90. The Hall–Kier alpha value is -0.830. The molecule has 0 aromatic carbocycles. The molecule has 1 rings (SSSR count). The monoisotopic (exact) mass is 336 g/mol. The van der Waals surface area contributed by atoms with Gasteiger partial charge in [0.1, 0.15) is 0 Å². The first kappa shape index (κ1) is 21.2. The maximum absolute atomic E-state index is 10.0. The molecule has 0 fully saturated rings. The van der Waals surface area contributed by atoms with Crippen LogP contribution in [0, 0.1) is 0 Å². The van der Waals surface area contributed by atoms with E-state index in [1.807, 2.05) is 18.7 Å². The van der Waals surface area contributed by atoms with Crippen LogP contribution in [0.2, 0.25) is 0 Å². The third kappa shape index (κ3) is 12.6. The summed E-state index contributed by atoms with van der Waals surface area (Å²) in [5.41, 5.74) is 0. The molecule has 3 heteroatoms. The molecular formula is C21H40N2O. The second-order valence-corrected chi connectivity index (χ2v) is 7.27. The minimum atomic E-state index is -0.0766. The van der Waals surface area contributed by atoms with Gasteiger partial charge in [-0.15, -0.1) is 0 Å². The fourth-order valence-electron chi connectivity index (χ4n) is 3.28. The van der Waals surface area contributed by atoms with Gasteiger partial charge in [-0.05, 0) is 19.3 Å². The highest BCUT2D eigenvalue weighted by Gasteiger charge is 2.03. The van der Waals surface area contributed by atoms with Gasteiger partial charge >= 0.3 is 0 Å². The minimum Gasteiger partial charge on any atom is -0.393 e. The van der Waals surface area contributed by atoms with E-state index in [4.69, 9.17) is 0 Å². The van der Waals surface area contributed by atoms with Crippen LogP contribution in [0.5, 0.6) is 0 Å². The summed E-state index contributed by atoms with van der Waals surface area (Å²) in [5.74, 6) is 0. The smallest absolute Gasteiger partial charge is 0.0945 e. The number of nitrogens with zero attached hydrogens (tertiary/aromatic N) is 2. The van der Waals surface area contributed by atoms with Gasteiger partial charge in [-0.3, -0.25) is 0 Å². The van der Waals surface area contributed by atoms with Crippen molar-refractivity contribution >= 4 is 0 Å². The van der Waals surface area contributed by atoms with Crippen LogP contribution in [-0.2, 0) is 6.54 Å². The lowest BCUT2D eigenvalue weighted by Gasteiger charge is -2.10. The van der Waals surface area contributed by atoms with Gasteiger partial charge in [-0.1, -0.05) is 84.0 Å². The van der Waals surface area contributed by atoms with Crippen LogP contribution in [0.15, 0.2) is 18.7 Å². The van der Waals surface area contributed by atoms with E-state index in [-0.39, 0.29) is 6.10 Å². The van der Waals surface area contributed by atoms with E-state index in [2.05, 4.69) is 16.5 Å². The highest BCUT2D eigenvalue weighted by Crippen LogP contribution is 2.14. The second-order valence-electron chi connectivity index (χ2n) is 7.27. The standard InChI is InChI=1S/C21H40N2O/c1-2-3-4-5-6-7-8-9-10-12-15-21(24)16-13-11-14-18-23-19-17-22-20-23/h17,19-21,24H,2-16,18H2,1H3. The van der Waals surface area contributed by atoms with Crippen LogP contribution in [0.1, 0.15) is 103 Å². The number of unbranched alkanes of at least 4 members (excludes halogenated alkanes) is 11. The Balaban J connectivity index is 1.77. The lowest BCUT2D eigenvalue weighted by atomic mass is 10.0. The summed E-state index contributed by atoms with van der Waals surface area (Å²) in [6, 6.07) is 0. The lowest BCUT2D eigenvalue weighted by Crippen LogP contribution is -2.06. The van der Waals surface area contributed by atoms with Crippen LogP contribution < -0.4 is 0 Å². The normalized spacial score (nSPS) is 12.6. The van der Waals surface area contributed by atoms with E-state index in [9.17, 15) is 5.11 Å². The summed E-state index contributed by atoms with van der Waals surface area (Å²) in [5, 5.41) is 10.0. The quantitative estimate of drug-likeness (QED) is 0.348. The summed E-state index contributed by atoms with van der Waals surface area (Å²) in [6.07, 6.45) is 24.8. The molecule has 1 N–H and O–H groups in total. The molecule has 0 bridgehead atoms. The van der Waals surface area contributed by atoms with Gasteiger partial charge < -0.3 is 9.67 Å². The summed E-state index contributed by atoms with van der Waals surface area (Å²) in [4.78, 5) is 4.05. The Kier molecular flexibility index (Phi) is 13.9.